The molecule has 2 aromatic rings. The molecule has 0 bridgehead atoms. The van der Waals surface area contributed by atoms with Gasteiger partial charge in [0.05, 0.1) is 12.2 Å². The van der Waals surface area contributed by atoms with Crippen LogP contribution in [0, 0.1) is 11.6 Å². The molecule has 0 amide bonds. The maximum Gasteiger partial charge on any atom is 0.125 e. The second-order valence-corrected chi connectivity index (χ2v) is 7.96. The van der Waals surface area contributed by atoms with Gasteiger partial charge in [-0.3, -0.25) is 0 Å². The monoisotopic (exact) mass is 420 g/mol. The van der Waals surface area contributed by atoms with Crippen LogP contribution in [0.5, 0.6) is 11.5 Å². The Kier molecular flexibility index (Phi) is 7.32. The summed E-state index contributed by atoms with van der Waals surface area (Å²) in [5, 5.41) is 21.0. The molecule has 0 saturated carbocycles. The molecule has 0 aromatic heterocycles. The number of fused-ring (bicyclic) bond motifs is 2. The average molecular weight is 420 g/mol. The van der Waals surface area contributed by atoms with Crippen LogP contribution in [0.25, 0.3) is 0 Å². The van der Waals surface area contributed by atoms with Crippen molar-refractivity contribution in [2.75, 3.05) is 0 Å². The summed E-state index contributed by atoms with van der Waals surface area (Å²) in [4.78, 5) is 0. The van der Waals surface area contributed by atoms with E-state index >= 15 is 0 Å². The first-order valence-corrected chi connectivity index (χ1v) is 10.3. The SMILES string of the molecule is C.OC(CCCC(O)C1CCc2cc(F)ccc2O1)C1CCc2cc(F)ccc2O1. The number of ether oxygens (including phenoxy) is 2. The highest BCUT2D eigenvalue weighted by molar-refractivity contribution is 5.36. The second kappa shape index (κ2) is 9.75. The molecule has 0 saturated heterocycles. The van der Waals surface area contributed by atoms with Crippen LogP contribution in [0.4, 0.5) is 8.78 Å². The Morgan fingerprint density at radius 3 is 1.67 bits per heavy atom. The first-order chi connectivity index (χ1) is 14.0. The Morgan fingerprint density at radius 2 is 1.23 bits per heavy atom. The Bertz CT molecular complexity index is 788. The van der Waals surface area contributed by atoms with Gasteiger partial charge in [0.1, 0.15) is 35.3 Å². The van der Waals surface area contributed by atoms with E-state index < -0.39 is 12.2 Å². The number of aliphatic hydroxyl groups excluding tert-OH is 2. The van der Waals surface area contributed by atoms with Crippen LogP contribution in [0.15, 0.2) is 36.4 Å². The molecular formula is C24H30F2O4. The molecule has 6 heteroatoms. The molecule has 4 unspecified atom stereocenters. The van der Waals surface area contributed by atoms with Gasteiger partial charge in [0.2, 0.25) is 0 Å². The lowest BCUT2D eigenvalue weighted by Gasteiger charge is -2.31. The summed E-state index contributed by atoms with van der Waals surface area (Å²) in [5.41, 5.74) is 1.66. The molecule has 0 fully saturated rings. The van der Waals surface area contributed by atoms with Crippen molar-refractivity contribution in [2.45, 2.75) is 76.8 Å². The van der Waals surface area contributed by atoms with E-state index in [0.717, 1.165) is 11.1 Å². The van der Waals surface area contributed by atoms with Gasteiger partial charge in [0.15, 0.2) is 0 Å². The fraction of sp³-hybridized carbons (Fsp3) is 0.500. The first-order valence-electron chi connectivity index (χ1n) is 10.3. The largest absolute Gasteiger partial charge is 0.487 e. The molecule has 2 aromatic carbocycles. The summed E-state index contributed by atoms with van der Waals surface area (Å²) < 4.78 is 38.3. The zero-order chi connectivity index (χ0) is 20.4. The summed E-state index contributed by atoms with van der Waals surface area (Å²) in [7, 11) is 0. The van der Waals surface area contributed by atoms with Crippen molar-refractivity contribution in [3.05, 3.63) is 59.2 Å². The van der Waals surface area contributed by atoms with Crippen LogP contribution in [0.3, 0.4) is 0 Å². The van der Waals surface area contributed by atoms with E-state index in [0.29, 0.717) is 56.4 Å². The average Bonchev–Trinajstić information content (AvgIpc) is 2.72. The Hall–Kier alpha value is -2.18. The topological polar surface area (TPSA) is 58.9 Å². The molecule has 4 rings (SSSR count). The van der Waals surface area contributed by atoms with Crippen molar-refractivity contribution in [3.8, 4) is 11.5 Å². The van der Waals surface area contributed by atoms with Gasteiger partial charge < -0.3 is 19.7 Å². The standard InChI is InChI=1S/C23H26F2O4.CH4/c24-16-6-10-20-14(12-16)4-8-22(28-20)18(26)2-1-3-19(27)23-9-5-15-13-17(25)7-11-21(15)29-23;/h6-7,10-13,18-19,22-23,26-27H,1-5,8-9H2;1H4. The number of aliphatic hydroxyl groups is 2. The van der Waals surface area contributed by atoms with E-state index in [9.17, 15) is 19.0 Å². The van der Waals surface area contributed by atoms with Gasteiger partial charge in [-0.25, -0.2) is 8.78 Å². The van der Waals surface area contributed by atoms with Crippen LogP contribution in [0.1, 0.15) is 50.7 Å². The lowest BCUT2D eigenvalue weighted by molar-refractivity contribution is 0.00133. The van der Waals surface area contributed by atoms with Gasteiger partial charge in [-0.1, -0.05) is 7.43 Å². The van der Waals surface area contributed by atoms with Gasteiger partial charge in [-0.2, -0.15) is 0 Å². The molecule has 2 heterocycles. The highest BCUT2D eigenvalue weighted by Gasteiger charge is 2.29. The van der Waals surface area contributed by atoms with Crippen LogP contribution in [0.2, 0.25) is 0 Å². The van der Waals surface area contributed by atoms with Gasteiger partial charge in [-0.15, -0.1) is 0 Å². The fourth-order valence-corrected chi connectivity index (χ4v) is 4.21. The molecule has 0 aliphatic carbocycles. The molecule has 0 radical (unpaired) electrons. The number of aryl methyl sites for hydroxylation is 2. The zero-order valence-corrected chi connectivity index (χ0v) is 16.2. The number of rotatable bonds is 6. The Morgan fingerprint density at radius 1 is 0.800 bits per heavy atom. The van der Waals surface area contributed by atoms with Crippen LogP contribution < -0.4 is 9.47 Å². The lowest BCUT2D eigenvalue weighted by atomic mass is 9.94. The van der Waals surface area contributed by atoms with Crippen molar-refractivity contribution in [3.63, 3.8) is 0 Å². The third kappa shape index (κ3) is 5.10. The lowest BCUT2D eigenvalue weighted by Crippen LogP contribution is -2.36. The molecule has 4 nitrogen and oxygen atoms in total. The zero-order valence-electron chi connectivity index (χ0n) is 16.2. The molecular weight excluding hydrogens is 390 g/mol. The highest BCUT2D eigenvalue weighted by Crippen LogP contribution is 2.32. The molecule has 0 spiro atoms. The van der Waals surface area contributed by atoms with Crippen molar-refractivity contribution in [2.24, 2.45) is 0 Å². The van der Waals surface area contributed by atoms with Gasteiger partial charge in [0, 0.05) is 0 Å². The van der Waals surface area contributed by atoms with E-state index in [1.54, 1.807) is 12.1 Å². The fourth-order valence-electron chi connectivity index (χ4n) is 4.21. The predicted molar refractivity (Wildman–Crippen MR) is 111 cm³/mol. The summed E-state index contributed by atoms with van der Waals surface area (Å²) in [6.45, 7) is 0. The number of halogens is 2. The molecule has 164 valence electrons. The molecule has 30 heavy (non-hydrogen) atoms. The maximum atomic E-state index is 13.3. The van der Waals surface area contributed by atoms with Crippen LogP contribution in [-0.2, 0) is 12.8 Å². The first kappa shape index (κ1) is 22.5. The normalized spacial score (nSPS) is 21.9. The number of benzene rings is 2. The van der Waals surface area contributed by atoms with Gasteiger partial charge >= 0.3 is 0 Å². The number of hydrogen-bond acceptors (Lipinski definition) is 4. The quantitative estimate of drug-likeness (QED) is 0.718. The minimum absolute atomic E-state index is 0. The third-order valence-electron chi connectivity index (χ3n) is 5.86. The van der Waals surface area contributed by atoms with Crippen LogP contribution >= 0.6 is 0 Å². The van der Waals surface area contributed by atoms with E-state index in [-0.39, 0.29) is 31.3 Å². The van der Waals surface area contributed by atoms with Crippen LogP contribution in [-0.4, -0.2) is 34.6 Å². The smallest absolute Gasteiger partial charge is 0.125 e. The van der Waals surface area contributed by atoms with Crippen molar-refractivity contribution in [1.29, 1.82) is 0 Å². The summed E-state index contributed by atoms with van der Waals surface area (Å²) in [6.07, 6.45) is 2.34. The number of hydrogen-bond donors (Lipinski definition) is 2. The maximum absolute atomic E-state index is 13.3. The second-order valence-electron chi connectivity index (χ2n) is 7.96. The molecule has 2 N–H and O–H groups in total. The van der Waals surface area contributed by atoms with Gasteiger partial charge in [0.25, 0.3) is 0 Å². The van der Waals surface area contributed by atoms with E-state index in [4.69, 9.17) is 9.47 Å². The van der Waals surface area contributed by atoms with E-state index in [1.165, 1.54) is 24.3 Å². The predicted octanol–water partition coefficient (Wildman–Crippen LogP) is 4.58. The Balaban J connectivity index is 0.00000256. The highest BCUT2D eigenvalue weighted by atomic mass is 19.1. The molecule has 2 aliphatic heterocycles. The molecule has 4 atom stereocenters. The third-order valence-corrected chi connectivity index (χ3v) is 5.86. The van der Waals surface area contributed by atoms with E-state index in [2.05, 4.69) is 0 Å². The Labute approximate surface area is 176 Å². The summed E-state index contributed by atoms with van der Waals surface area (Å²) in [6, 6.07) is 8.89. The minimum Gasteiger partial charge on any atom is -0.487 e. The van der Waals surface area contributed by atoms with Gasteiger partial charge in [-0.05, 0) is 92.5 Å². The van der Waals surface area contributed by atoms with Crippen molar-refractivity contribution in [1.82, 2.24) is 0 Å². The summed E-state index contributed by atoms with van der Waals surface area (Å²) in [5.74, 6) is 0.705. The van der Waals surface area contributed by atoms with Crippen molar-refractivity contribution >= 4 is 0 Å². The molecule has 2 aliphatic rings. The minimum atomic E-state index is -0.642. The van der Waals surface area contributed by atoms with Crippen molar-refractivity contribution < 1.29 is 28.5 Å². The van der Waals surface area contributed by atoms with E-state index in [1.807, 2.05) is 0 Å². The summed E-state index contributed by atoms with van der Waals surface area (Å²) >= 11 is 0.